The lowest BCUT2D eigenvalue weighted by Crippen LogP contribution is -2.52. The first-order valence-corrected chi connectivity index (χ1v) is 10.4. The number of nitrogens with one attached hydrogen (secondary N) is 1. The number of rotatable bonds is 5. The van der Waals surface area contributed by atoms with Crippen molar-refractivity contribution >= 4 is 22.6 Å². The predicted molar refractivity (Wildman–Crippen MR) is 111 cm³/mol. The molecule has 1 N–H and O–H groups in total. The maximum Gasteiger partial charge on any atom is 0.416 e. The Labute approximate surface area is 177 Å². The fraction of sp³-hybridized carbons (Fsp3) is 0.526. The quantitative estimate of drug-likeness (QED) is 0.567. The molecule has 0 atom stereocenters. The summed E-state index contributed by atoms with van der Waals surface area (Å²) in [4.78, 5) is 13.0. The maximum atomic E-state index is 13.4. The van der Waals surface area contributed by atoms with Crippen molar-refractivity contribution in [3.63, 3.8) is 0 Å². The van der Waals surface area contributed by atoms with Gasteiger partial charge in [0, 0.05) is 57.7 Å². The Bertz CT molecular complexity index is 877. The van der Waals surface area contributed by atoms with Gasteiger partial charge in [0.15, 0.2) is 5.96 Å². The summed E-state index contributed by atoms with van der Waals surface area (Å²) in [6.45, 7) is 4.91. The van der Waals surface area contributed by atoms with E-state index in [4.69, 9.17) is 4.74 Å². The first-order chi connectivity index (χ1) is 14.4. The summed E-state index contributed by atoms with van der Waals surface area (Å²) in [7, 11) is 2.98. The summed E-state index contributed by atoms with van der Waals surface area (Å²) in [6, 6.07) is 3.98. The number of aliphatic imine (C=N–C) groups is 1. The van der Waals surface area contributed by atoms with Crippen molar-refractivity contribution in [3.8, 4) is 5.75 Å². The number of methoxy groups -OCH3 is 1. The van der Waals surface area contributed by atoms with Crippen LogP contribution < -0.4 is 15.0 Å². The smallest absolute Gasteiger partial charge is 0.416 e. The van der Waals surface area contributed by atoms with Crippen LogP contribution in [0.2, 0.25) is 0 Å². The number of aromatic nitrogens is 2. The number of benzene rings is 1. The second-order valence-electron chi connectivity index (χ2n) is 6.74. The van der Waals surface area contributed by atoms with Crippen LogP contribution in [0.3, 0.4) is 0 Å². The second kappa shape index (κ2) is 9.50. The van der Waals surface area contributed by atoms with E-state index in [0.29, 0.717) is 19.0 Å². The Hall–Kier alpha value is -2.56. The lowest BCUT2D eigenvalue weighted by molar-refractivity contribution is -0.138. The van der Waals surface area contributed by atoms with Gasteiger partial charge < -0.3 is 19.9 Å². The molecule has 1 aromatic heterocycles. The predicted octanol–water partition coefficient (Wildman–Crippen LogP) is 3.03. The minimum absolute atomic E-state index is 0.0159. The molecule has 1 fully saturated rings. The van der Waals surface area contributed by atoms with Gasteiger partial charge in [-0.15, -0.1) is 0 Å². The number of hydrogen-bond donors (Lipinski definition) is 1. The fourth-order valence-electron chi connectivity index (χ4n) is 3.23. The molecule has 30 heavy (non-hydrogen) atoms. The Kier molecular flexibility index (Phi) is 7.01. The molecule has 0 unspecified atom stereocenters. The number of ether oxygens (including phenoxy) is 1. The van der Waals surface area contributed by atoms with E-state index in [2.05, 4.69) is 24.6 Å². The summed E-state index contributed by atoms with van der Waals surface area (Å²) < 4.78 is 49.5. The monoisotopic (exact) mass is 442 g/mol. The zero-order valence-electron chi connectivity index (χ0n) is 17.2. The molecule has 0 radical (unpaired) electrons. The summed E-state index contributed by atoms with van der Waals surface area (Å²) in [5.74, 6) is 1.59. The highest BCUT2D eigenvalue weighted by Gasteiger charge is 2.34. The van der Waals surface area contributed by atoms with Gasteiger partial charge >= 0.3 is 6.18 Å². The molecule has 0 bridgehead atoms. The van der Waals surface area contributed by atoms with Crippen LogP contribution in [0.15, 0.2) is 23.2 Å². The largest absolute Gasteiger partial charge is 0.497 e. The van der Waals surface area contributed by atoms with Gasteiger partial charge in [0.25, 0.3) is 0 Å². The number of piperazine rings is 1. The number of aryl methyl sites for hydroxylation is 1. The van der Waals surface area contributed by atoms with Gasteiger partial charge in [0.2, 0.25) is 5.13 Å². The molecule has 1 saturated heterocycles. The minimum atomic E-state index is -4.46. The number of alkyl halides is 3. The van der Waals surface area contributed by atoms with Crippen molar-refractivity contribution in [1.29, 1.82) is 0 Å². The van der Waals surface area contributed by atoms with Crippen LogP contribution in [0.25, 0.3) is 0 Å². The van der Waals surface area contributed by atoms with Crippen LogP contribution >= 0.6 is 11.5 Å². The van der Waals surface area contributed by atoms with Crippen molar-refractivity contribution in [2.24, 2.45) is 4.99 Å². The third-order valence-corrected chi connectivity index (χ3v) is 5.71. The lowest BCUT2D eigenvalue weighted by Gasteiger charge is -2.36. The van der Waals surface area contributed by atoms with Gasteiger partial charge in [-0.2, -0.15) is 17.5 Å². The van der Waals surface area contributed by atoms with E-state index in [1.165, 1.54) is 30.8 Å². The number of hydrogen-bond acceptors (Lipinski definition) is 6. The van der Waals surface area contributed by atoms with Crippen molar-refractivity contribution in [1.82, 2.24) is 19.6 Å². The maximum absolute atomic E-state index is 13.4. The minimum Gasteiger partial charge on any atom is -0.497 e. The van der Waals surface area contributed by atoms with Crippen molar-refractivity contribution < 1.29 is 17.9 Å². The highest BCUT2D eigenvalue weighted by Crippen LogP contribution is 2.34. The molecular weight excluding hydrogens is 417 g/mol. The zero-order chi connectivity index (χ0) is 21.7. The van der Waals surface area contributed by atoms with Gasteiger partial charge in [-0.3, -0.25) is 4.99 Å². The molecule has 0 saturated carbocycles. The molecular formula is C19H25F3N6OS. The van der Waals surface area contributed by atoms with E-state index < -0.39 is 11.7 Å². The first kappa shape index (κ1) is 22.1. The first-order valence-electron chi connectivity index (χ1n) is 9.63. The molecule has 0 amide bonds. The Morgan fingerprint density at radius 3 is 2.57 bits per heavy atom. The Morgan fingerprint density at radius 1 is 1.27 bits per heavy atom. The molecule has 0 aliphatic carbocycles. The zero-order valence-corrected chi connectivity index (χ0v) is 18.0. The Balaban J connectivity index is 1.62. The summed E-state index contributed by atoms with van der Waals surface area (Å²) in [6.07, 6.45) is -3.65. The number of halogens is 3. The van der Waals surface area contributed by atoms with E-state index in [-0.39, 0.29) is 17.9 Å². The lowest BCUT2D eigenvalue weighted by atomic mass is 10.1. The number of guanidine groups is 1. The van der Waals surface area contributed by atoms with Gasteiger partial charge in [0.1, 0.15) is 11.6 Å². The highest BCUT2D eigenvalue weighted by molar-refractivity contribution is 7.09. The van der Waals surface area contributed by atoms with Crippen molar-refractivity contribution in [3.05, 3.63) is 35.2 Å². The third kappa shape index (κ3) is 5.13. The van der Waals surface area contributed by atoms with Crippen LogP contribution in [-0.4, -0.2) is 60.6 Å². The molecule has 3 rings (SSSR count). The summed E-state index contributed by atoms with van der Waals surface area (Å²) in [5.41, 5.74) is -0.568. The van der Waals surface area contributed by atoms with E-state index in [1.54, 1.807) is 7.05 Å². The van der Waals surface area contributed by atoms with E-state index in [0.717, 1.165) is 36.5 Å². The molecule has 164 valence electrons. The average molecular weight is 443 g/mol. The molecule has 1 aromatic carbocycles. The van der Waals surface area contributed by atoms with Gasteiger partial charge in [-0.05, 0) is 17.7 Å². The van der Waals surface area contributed by atoms with Crippen LogP contribution in [0, 0.1) is 0 Å². The molecule has 1 aliphatic rings. The van der Waals surface area contributed by atoms with Crippen LogP contribution in [0.5, 0.6) is 5.75 Å². The molecule has 7 nitrogen and oxygen atoms in total. The van der Waals surface area contributed by atoms with Crippen LogP contribution in [-0.2, 0) is 19.1 Å². The summed E-state index contributed by atoms with van der Waals surface area (Å²) in [5, 5.41) is 3.97. The van der Waals surface area contributed by atoms with Crippen molar-refractivity contribution in [2.75, 3.05) is 45.2 Å². The molecule has 11 heteroatoms. The van der Waals surface area contributed by atoms with Crippen LogP contribution in [0.1, 0.15) is 23.9 Å². The number of anilines is 1. The van der Waals surface area contributed by atoms with E-state index in [9.17, 15) is 13.2 Å². The molecule has 2 heterocycles. The van der Waals surface area contributed by atoms with Gasteiger partial charge in [-0.1, -0.05) is 13.0 Å². The number of nitrogens with zero attached hydrogens (tertiary/aromatic N) is 5. The van der Waals surface area contributed by atoms with E-state index >= 15 is 0 Å². The average Bonchev–Trinajstić information content (AvgIpc) is 3.23. The molecule has 2 aromatic rings. The summed E-state index contributed by atoms with van der Waals surface area (Å²) >= 11 is 1.39. The molecule has 0 spiro atoms. The third-order valence-electron chi connectivity index (χ3n) is 4.89. The second-order valence-corrected chi connectivity index (χ2v) is 7.47. The standard InChI is InChI=1S/C19H25F3N6OS/c1-4-16-25-18(30-26-16)28-9-7-27(8-10-28)17(23-2)24-12-13-5-6-14(29-3)11-15(13)19(20,21)22/h5-6,11H,4,7-10,12H2,1-3H3,(H,23,24). The van der Waals surface area contributed by atoms with Crippen LogP contribution in [0.4, 0.5) is 18.3 Å². The normalized spacial score (nSPS) is 15.5. The highest BCUT2D eigenvalue weighted by atomic mass is 32.1. The molecule has 1 aliphatic heterocycles. The van der Waals surface area contributed by atoms with Gasteiger partial charge in [0.05, 0.1) is 12.7 Å². The topological polar surface area (TPSA) is 65.9 Å². The fourth-order valence-corrected chi connectivity index (χ4v) is 4.03. The van der Waals surface area contributed by atoms with Gasteiger partial charge in [-0.25, -0.2) is 4.98 Å². The van der Waals surface area contributed by atoms with E-state index in [1.807, 2.05) is 11.8 Å². The SMILES string of the molecule is CCc1nsc(N2CCN(C(=NC)NCc3ccc(OC)cc3C(F)(F)F)CC2)n1. The Morgan fingerprint density at radius 2 is 2.00 bits per heavy atom. The van der Waals surface area contributed by atoms with Crippen molar-refractivity contribution in [2.45, 2.75) is 26.1 Å².